The second-order valence-electron chi connectivity index (χ2n) is 8.46. The molecule has 2 aliphatic rings. The van der Waals surface area contributed by atoms with Crippen LogP contribution in [0.15, 0.2) is 22.7 Å². The maximum absolute atomic E-state index is 12.8. The van der Waals surface area contributed by atoms with E-state index in [9.17, 15) is 9.59 Å². The van der Waals surface area contributed by atoms with Gasteiger partial charge in [-0.3, -0.25) is 9.59 Å². The van der Waals surface area contributed by atoms with Gasteiger partial charge in [-0.1, -0.05) is 11.2 Å². The number of nitrogens with zero attached hydrogens (tertiary/aromatic N) is 1. The van der Waals surface area contributed by atoms with E-state index in [1.54, 1.807) is 7.11 Å². The van der Waals surface area contributed by atoms with Crippen molar-refractivity contribution >= 4 is 23.2 Å². The van der Waals surface area contributed by atoms with Crippen molar-refractivity contribution in [3.8, 4) is 11.1 Å². The van der Waals surface area contributed by atoms with Crippen LogP contribution in [-0.2, 0) is 14.3 Å². The third-order valence-corrected chi connectivity index (χ3v) is 6.28. The summed E-state index contributed by atoms with van der Waals surface area (Å²) in [6.45, 7) is 3.78. The van der Waals surface area contributed by atoms with Crippen LogP contribution in [0.1, 0.15) is 50.0 Å². The Balaban J connectivity index is 1.59. The number of benzene rings is 1. The van der Waals surface area contributed by atoms with E-state index in [0.29, 0.717) is 30.7 Å². The number of aromatic nitrogens is 1. The van der Waals surface area contributed by atoms with Crippen molar-refractivity contribution in [3.05, 3.63) is 29.7 Å². The normalized spacial score (nSPS) is 23.5. The number of hydrogen-bond acceptors (Lipinski definition) is 6. The van der Waals surface area contributed by atoms with Crippen LogP contribution in [0.4, 0.5) is 11.4 Å². The van der Waals surface area contributed by atoms with Gasteiger partial charge < -0.3 is 25.2 Å². The van der Waals surface area contributed by atoms with E-state index in [4.69, 9.17) is 9.26 Å². The molecule has 2 aromatic rings. The van der Waals surface area contributed by atoms with Crippen LogP contribution in [0.2, 0.25) is 0 Å². The standard InChI is InChI=1S/C23H30N4O4/c1-13-22(14(2)31-27-13)15-4-9-18(24-16-5-7-17(30-3)8-6-16)20(12-15)26-23(29)19-10-11-21(28)25-19/h4,9,12,16-17,19,24H,5-8,10-11H2,1-3H3,(H,25,28)(H,26,29)/t16-,17-,19-/m0/s1. The first-order chi connectivity index (χ1) is 14.9. The Labute approximate surface area is 182 Å². The molecular weight excluding hydrogens is 396 g/mol. The smallest absolute Gasteiger partial charge is 0.247 e. The molecule has 8 nitrogen and oxygen atoms in total. The molecular formula is C23H30N4O4. The Morgan fingerprint density at radius 1 is 1.16 bits per heavy atom. The lowest BCUT2D eigenvalue weighted by atomic mass is 9.92. The lowest BCUT2D eigenvalue weighted by Crippen LogP contribution is -2.37. The first kappa shape index (κ1) is 21.4. The van der Waals surface area contributed by atoms with E-state index in [1.165, 1.54) is 0 Å². The highest BCUT2D eigenvalue weighted by atomic mass is 16.5. The fourth-order valence-electron chi connectivity index (χ4n) is 4.52. The first-order valence-electron chi connectivity index (χ1n) is 10.9. The quantitative estimate of drug-likeness (QED) is 0.652. The van der Waals surface area contributed by atoms with Gasteiger partial charge >= 0.3 is 0 Å². The molecule has 1 aromatic heterocycles. The van der Waals surface area contributed by atoms with Gasteiger partial charge in [0.05, 0.1) is 23.2 Å². The predicted molar refractivity (Wildman–Crippen MR) is 118 cm³/mol. The molecule has 1 aliphatic carbocycles. The zero-order valence-corrected chi connectivity index (χ0v) is 18.3. The third-order valence-electron chi connectivity index (χ3n) is 6.28. The molecule has 4 rings (SSSR count). The van der Waals surface area contributed by atoms with E-state index in [-0.39, 0.29) is 11.8 Å². The Morgan fingerprint density at radius 2 is 1.94 bits per heavy atom. The molecule has 0 radical (unpaired) electrons. The van der Waals surface area contributed by atoms with Crippen LogP contribution in [0.3, 0.4) is 0 Å². The van der Waals surface area contributed by atoms with E-state index >= 15 is 0 Å². The molecule has 0 spiro atoms. The average molecular weight is 427 g/mol. The van der Waals surface area contributed by atoms with E-state index in [2.05, 4.69) is 21.1 Å². The SMILES string of the molecule is CO[C@H]1CC[C@H](Nc2ccc(-c3c(C)noc3C)cc2NC(=O)[C@@H]2CCC(=O)N2)CC1. The lowest BCUT2D eigenvalue weighted by Gasteiger charge is -2.29. The number of ether oxygens (including phenoxy) is 1. The lowest BCUT2D eigenvalue weighted by molar-refractivity contribution is -0.122. The van der Waals surface area contributed by atoms with Gasteiger partial charge in [0.25, 0.3) is 0 Å². The van der Waals surface area contributed by atoms with Crippen LogP contribution in [0.5, 0.6) is 0 Å². The van der Waals surface area contributed by atoms with Crippen molar-refractivity contribution in [1.29, 1.82) is 0 Å². The molecule has 2 heterocycles. The van der Waals surface area contributed by atoms with Crippen molar-refractivity contribution in [2.45, 2.75) is 70.6 Å². The van der Waals surface area contributed by atoms with Gasteiger partial charge in [-0.2, -0.15) is 0 Å². The van der Waals surface area contributed by atoms with Crippen LogP contribution >= 0.6 is 0 Å². The molecule has 1 saturated carbocycles. The van der Waals surface area contributed by atoms with Crippen LogP contribution in [-0.4, -0.2) is 42.3 Å². The number of amides is 2. The van der Waals surface area contributed by atoms with Crippen molar-refractivity contribution in [2.24, 2.45) is 0 Å². The number of hydrogen-bond donors (Lipinski definition) is 3. The van der Waals surface area contributed by atoms with E-state index < -0.39 is 6.04 Å². The number of aryl methyl sites for hydroxylation is 2. The summed E-state index contributed by atoms with van der Waals surface area (Å²) < 4.78 is 10.8. The molecule has 0 unspecified atom stereocenters. The fourth-order valence-corrected chi connectivity index (χ4v) is 4.52. The minimum absolute atomic E-state index is 0.0853. The van der Waals surface area contributed by atoms with Gasteiger partial charge in [0.15, 0.2) is 0 Å². The molecule has 2 amide bonds. The molecule has 1 saturated heterocycles. The van der Waals surface area contributed by atoms with Gasteiger partial charge in [0.1, 0.15) is 11.8 Å². The van der Waals surface area contributed by atoms with Crippen molar-refractivity contribution < 1.29 is 18.8 Å². The van der Waals surface area contributed by atoms with Crippen molar-refractivity contribution in [1.82, 2.24) is 10.5 Å². The van der Waals surface area contributed by atoms with Crippen LogP contribution in [0.25, 0.3) is 11.1 Å². The third kappa shape index (κ3) is 4.74. The minimum Gasteiger partial charge on any atom is -0.381 e. The van der Waals surface area contributed by atoms with Gasteiger partial charge in [-0.15, -0.1) is 0 Å². The largest absolute Gasteiger partial charge is 0.381 e. The zero-order valence-electron chi connectivity index (χ0n) is 18.3. The Hall–Kier alpha value is -2.87. The van der Waals surface area contributed by atoms with E-state index in [0.717, 1.165) is 54.0 Å². The molecule has 1 atom stereocenters. The summed E-state index contributed by atoms with van der Waals surface area (Å²) >= 11 is 0. The monoisotopic (exact) mass is 426 g/mol. The summed E-state index contributed by atoms with van der Waals surface area (Å²) in [5.41, 5.74) is 4.22. The van der Waals surface area contributed by atoms with Crippen LogP contribution < -0.4 is 16.0 Å². The number of nitrogens with one attached hydrogen (secondary N) is 3. The summed E-state index contributed by atoms with van der Waals surface area (Å²) in [7, 11) is 1.77. The summed E-state index contributed by atoms with van der Waals surface area (Å²) in [4.78, 5) is 24.4. The zero-order chi connectivity index (χ0) is 22.0. The fraction of sp³-hybridized carbons (Fsp3) is 0.522. The molecule has 0 bridgehead atoms. The number of carbonyl (C=O) groups excluding carboxylic acids is 2. The second kappa shape index (κ2) is 9.09. The molecule has 31 heavy (non-hydrogen) atoms. The highest BCUT2D eigenvalue weighted by Gasteiger charge is 2.28. The van der Waals surface area contributed by atoms with E-state index in [1.807, 2.05) is 32.0 Å². The summed E-state index contributed by atoms with van der Waals surface area (Å²) in [5, 5.41) is 13.4. The van der Waals surface area contributed by atoms with Crippen molar-refractivity contribution in [2.75, 3.05) is 17.7 Å². The molecule has 1 aliphatic heterocycles. The Morgan fingerprint density at radius 3 is 2.55 bits per heavy atom. The number of rotatable bonds is 6. The van der Waals surface area contributed by atoms with Gasteiger partial charge in [-0.05, 0) is 63.6 Å². The molecule has 1 aromatic carbocycles. The Kier molecular flexibility index (Phi) is 6.27. The number of anilines is 2. The minimum atomic E-state index is -0.500. The maximum atomic E-state index is 12.8. The maximum Gasteiger partial charge on any atom is 0.247 e. The Bertz CT molecular complexity index is 943. The highest BCUT2D eigenvalue weighted by Crippen LogP contribution is 2.34. The molecule has 8 heteroatoms. The summed E-state index contributed by atoms with van der Waals surface area (Å²) in [6.07, 6.45) is 5.27. The van der Waals surface area contributed by atoms with Gasteiger partial charge in [0, 0.05) is 25.1 Å². The van der Waals surface area contributed by atoms with Gasteiger partial charge in [-0.25, -0.2) is 0 Å². The average Bonchev–Trinajstić information content (AvgIpc) is 3.35. The van der Waals surface area contributed by atoms with Crippen molar-refractivity contribution in [3.63, 3.8) is 0 Å². The summed E-state index contributed by atoms with van der Waals surface area (Å²) in [6, 6.07) is 5.78. The molecule has 2 fully saturated rings. The van der Waals surface area contributed by atoms with Crippen LogP contribution in [0, 0.1) is 13.8 Å². The number of methoxy groups -OCH3 is 1. The molecule has 3 N–H and O–H groups in total. The molecule has 166 valence electrons. The van der Waals surface area contributed by atoms with Gasteiger partial charge in [0.2, 0.25) is 11.8 Å². The predicted octanol–water partition coefficient (Wildman–Crippen LogP) is 3.55. The topological polar surface area (TPSA) is 105 Å². The number of carbonyl (C=O) groups is 2. The first-order valence-corrected chi connectivity index (χ1v) is 10.9. The second-order valence-corrected chi connectivity index (χ2v) is 8.46. The summed E-state index contributed by atoms with van der Waals surface area (Å²) in [5.74, 6) is 0.446. The highest BCUT2D eigenvalue weighted by molar-refractivity contribution is 6.01.